The molecular formula is C59H62. The Kier molecular flexibility index (Phi) is 16.0. The molecule has 0 fully saturated rings. The standard InChI is InChI=1S/C29H20.C20H12.5C2H6/c1-5-13-24-20(9-1)17-21-10-2-6-14-25(21)28(24)19-29-26-15-7-3-11-22(26)18-23-12-4-8-16-27(23)29;1-2-6-15-12-19-17-10-4-8-13-7-3-9-16(20(13)17)18(19)11-14(15)5-1;5*1-2/h1-18H,19H2;1-12H;5*1-2H3. The van der Waals surface area contributed by atoms with Crippen molar-refractivity contribution in [2.24, 2.45) is 0 Å². The first kappa shape index (κ1) is 43.9. The summed E-state index contributed by atoms with van der Waals surface area (Å²) in [5.74, 6) is 0. The normalized spacial score (nSPS) is 10.3. The summed E-state index contributed by atoms with van der Waals surface area (Å²) in [4.78, 5) is 0. The Bertz CT molecular complexity index is 2610. The van der Waals surface area contributed by atoms with E-state index in [0.29, 0.717) is 0 Å². The Morgan fingerprint density at radius 3 is 0.831 bits per heavy atom. The summed E-state index contributed by atoms with van der Waals surface area (Å²) in [5, 5.41) is 16.0. The third-order valence-corrected chi connectivity index (χ3v) is 10.5. The van der Waals surface area contributed by atoms with Crippen LogP contribution in [0.15, 0.2) is 182 Å². The van der Waals surface area contributed by atoms with Gasteiger partial charge >= 0.3 is 0 Å². The molecule has 11 rings (SSSR count). The van der Waals surface area contributed by atoms with Gasteiger partial charge in [-0.1, -0.05) is 227 Å². The molecule has 1 aliphatic rings. The van der Waals surface area contributed by atoms with Crippen LogP contribution in [-0.4, -0.2) is 0 Å². The fraction of sp³-hybridized carbons (Fsp3) is 0.186. The van der Waals surface area contributed by atoms with Crippen LogP contribution in [0.3, 0.4) is 0 Å². The molecule has 10 aromatic carbocycles. The fourth-order valence-electron chi connectivity index (χ4n) is 8.25. The lowest BCUT2D eigenvalue weighted by molar-refractivity contribution is 1.28. The van der Waals surface area contributed by atoms with E-state index in [2.05, 4.69) is 182 Å². The average Bonchev–Trinajstić information content (AvgIpc) is 3.64. The molecule has 0 spiro atoms. The zero-order chi connectivity index (χ0) is 42.3. The predicted octanol–water partition coefficient (Wildman–Crippen LogP) is 18.7. The van der Waals surface area contributed by atoms with Crippen molar-refractivity contribution < 1.29 is 0 Å². The Labute approximate surface area is 354 Å². The number of hydrogen-bond donors (Lipinski definition) is 0. The van der Waals surface area contributed by atoms with E-state index in [4.69, 9.17) is 0 Å². The molecule has 0 heterocycles. The lowest BCUT2D eigenvalue weighted by atomic mass is 9.88. The number of rotatable bonds is 2. The molecule has 0 saturated carbocycles. The summed E-state index contributed by atoms with van der Waals surface area (Å²) in [6.07, 6.45) is 0.920. The molecule has 0 radical (unpaired) electrons. The van der Waals surface area contributed by atoms with E-state index in [9.17, 15) is 0 Å². The Hall–Kier alpha value is -6.24. The highest BCUT2D eigenvalue weighted by atomic mass is 14.2. The average molecular weight is 771 g/mol. The highest BCUT2D eigenvalue weighted by molar-refractivity contribution is 6.17. The maximum atomic E-state index is 2.33. The summed E-state index contributed by atoms with van der Waals surface area (Å²) >= 11 is 0. The second-order valence-electron chi connectivity index (χ2n) is 13.2. The van der Waals surface area contributed by atoms with Gasteiger partial charge in [0.25, 0.3) is 0 Å². The molecule has 0 atom stereocenters. The van der Waals surface area contributed by atoms with Gasteiger partial charge in [-0.15, -0.1) is 0 Å². The minimum absolute atomic E-state index is 0.920. The van der Waals surface area contributed by atoms with Crippen LogP contribution in [0.4, 0.5) is 0 Å². The van der Waals surface area contributed by atoms with Gasteiger partial charge in [-0.2, -0.15) is 0 Å². The molecule has 298 valence electrons. The SMILES string of the molecule is CC.CC.CC.CC.CC.c1ccc2c(Cc3c4ccccc4cc4ccccc34)c3ccccc3cc2c1.c1ccc2cc3c(cc2c1)-c1cccc2cccc-3c12. The molecule has 0 N–H and O–H groups in total. The summed E-state index contributed by atoms with van der Waals surface area (Å²) in [6.45, 7) is 20.0. The van der Waals surface area contributed by atoms with Crippen molar-refractivity contribution in [2.45, 2.75) is 75.7 Å². The Morgan fingerprint density at radius 2 is 0.508 bits per heavy atom. The first-order chi connectivity index (χ1) is 29.3. The van der Waals surface area contributed by atoms with Gasteiger partial charge in [0.1, 0.15) is 0 Å². The van der Waals surface area contributed by atoms with E-state index in [0.717, 1.165) is 6.42 Å². The quantitative estimate of drug-likeness (QED) is 0.154. The van der Waals surface area contributed by atoms with Crippen LogP contribution in [0.5, 0.6) is 0 Å². The van der Waals surface area contributed by atoms with Gasteiger partial charge in [0, 0.05) is 0 Å². The van der Waals surface area contributed by atoms with Crippen molar-refractivity contribution in [1.82, 2.24) is 0 Å². The number of fused-ring (bicyclic) bond motifs is 8. The van der Waals surface area contributed by atoms with E-state index in [-0.39, 0.29) is 0 Å². The topological polar surface area (TPSA) is 0 Å². The lowest BCUT2D eigenvalue weighted by Crippen LogP contribution is -1.95. The van der Waals surface area contributed by atoms with Gasteiger partial charge in [0.2, 0.25) is 0 Å². The lowest BCUT2D eigenvalue weighted by Gasteiger charge is -2.16. The number of benzene rings is 10. The van der Waals surface area contributed by atoms with Crippen molar-refractivity contribution in [3.63, 3.8) is 0 Å². The second kappa shape index (κ2) is 21.5. The maximum Gasteiger partial charge on any atom is -0.000112 e. The van der Waals surface area contributed by atoms with Crippen molar-refractivity contribution in [3.05, 3.63) is 193 Å². The molecule has 10 aromatic rings. The number of hydrogen-bond acceptors (Lipinski definition) is 0. The van der Waals surface area contributed by atoms with Crippen LogP contribution in [-0.2, 0) is 6.42 Å². The van der Waals surface area contributed by atoms with E-state index in [1.807, 2.05) is 69.2 Å². The molecule has 0 saturated heterocycles. The molecule has 0 bridgehead atoms. The Morgan fingerprint density at radius 1 is 0.237 bits per heavy atom. The van der Waals surface area contributed by atoms with Gasteiger partial charge in [0.15, 0.2) is 0 Å². The molecule has 0 unspecified atom stereocenters. The highest BCUT2D eigenvalue weighted by Crippen LogP contribution is 2.48. The van der Waals surface area contributed by atoms with Crippen molar-refractivity contribution in [2.75, 3.05) is 0 Å². The van der Waals surface area contributed by atoms with Crippen LogP contribution >= 0.6 is 0 Å². The van der Waals surface area contributed by atoms with Gasteiger partial charge in [-0.05, 0) is 129 Å². The summed E-state index contributed by atoms with van der Waals surface area (Å²) in [7, 11) is 0. The molecule has 0 aromatic heterocycles. The zero-order valence-corrected chi connectivity index (χ0v) is 37.0. The van der Waals surface area contributed by atoms with Crippen LogP contribution in [0, 0.1) is 0 Å². The van der Waals surface area contributed by atoms with Crippen molar-refractivity contribution in [1.29, 1.82) is 0 Å². The molecule has 0 heteroatoms. The monoisotopic (exact) mass is 770 g/mol. The first-order valence-corrected chi connectivity index (χ1v) is 22.1. The van der Waals surface area contributed by atoms with Crippen LogP contribution < -0.4 is 0 Å². The van der Waals surface area contributed by atoms with E-state index >= 15 is 0 Å². The maximum absolute atomic E-state index is 2.33. The van der Waals surface area contributed by atoms with Crippen molar-refractivity contribution in [3.8, 4) is 22.3 Å². The van der Waals surface area contributed by atoms with Crippen LogP contribution in [0.2, 0.25) is 0 Å². The largest absolute Gasteiger partial charge is 0.0683 e. The molecular weight excluding hydrogens is 709 g/mol. The van der Waals surface area contributed by atoms with E-state index in [1.54, 1.807) is 0 Å². The van der Waals surface area contributed by atoms with Crippen LogP contribution in [0.1, 0.15) is 80.4 Å². The van der Waals surface area contributed by atoms with Gasteiger partial charge in [-0.3, -0.25) is 0 Å². The zero-order valence-electron chi connectivity index (χ0n) is 37.0. The molecule has 1 aliphatic carbocycles. The summed E-state index contributed by atoms with van der Waals surface area (Å²) in [6, 6.07) is 66.2. The van der Waals surface area contributed by atoms with Gasteiger partial charge in [-0.25, -0.2) is 0 Å². The fourth-order valence-corrected chi connectivity index (χ4v) is 8.25. The smallest absolute Gasteiger partial charge is 0.000112 e. The predicted molar refractivity (Wildman–Crippen MR) is 268 cm³/mol. The summed E-state index contributed by atoms with van der Waals surface area (Å²) < 4.78 is 0. The van der Waals surface area contributed by atoms with Crippen molar-refractivity contribution >= 4 is 64.6 Å². The first-order valence-electron chi connectivity index (χ1n) is 22.1. The molecule has 0 nitrogen and oxygen atoms in total. The minimum atomic E-state index is 0.920. The van der Waals surface area contributed by atoms with Gasteiger partial charge < -0.3 is 0 Å². The molecule has 0 aliphatic heterocycles. The summed E-state index contributed by atoms with van der Waals surface area (Å²) in [5.41, 5.74) is 8.32. The Balaban J connectivity index is 0.000000193. The third-order valence-electron chi connectivity index (χ3n) is 10.5. The molecule has 59 heavy (non-hydrogen) atoms. The van der Waals surface area contributed by atoms with Crippen LogP contribution in [0.25, 0.3) is 86.9 Å². The highest BCUT2D eigenvalue weighted by Gasteiger charge is 2.21. The second-order valence-corrected chi connectivity index (χ2v) is 13.2. The molecule has 0 amide bonds. The minimum Gasteiger partial charge on any atom is -0.0683 e. The van der Waals surface area contributed by atoms with E-state index < -0.39 is 0 Å². The third kappa shape index (κ3) is 8.79. The van der Waals surface area contributed by atoms with Gasteiger partial charge in [0.05, 0.1) is 0 Å². The van der Waals surface area contributed by atoms with E-state index in [1.165, 1.54) is 98.0 Å².